The van der Waals surface area contributed by atoms with Crippen molar-refractivity contribution in [1.29, 1.82) is 0 Å². The van der Waals surface area contributed by atoms with Crippen molar-refractivity contribution in [1.82, 2.24) is 5.32 Å². The Labute approximate surface area is 121 Å². The number of hydrogen-bond donors (Lipinski definition) is 2. The van der Waals surface area contributed by atoms with Gasteiger partial charge in [0, 0.05) is 19.1 Å². The van der Waals surface area contributed by atoms with Gasteiger partial charge in [-0.05, 0) is 44.4 Å². The van der Waals surface area contributed by atoms with Crippen LogP contribution in [0.15, 0.2) is 0 Å². The third kappa shape index (κ3) is 3.34. The molecular weight excluding hydrogens is 254 g/mol. The summed E-state index contributed by atoms with van der Waals surface area (Å²) in [6, 6.07) is 0.434. The van der Waals surface area contributed by atoms with Gasteiger partial charge in [-0.2, -0.15) is 0 Å². The lowest BCUT2D eigenvalue weighted by Crippen LogP contribution is -2.51. The smallest absolute Gasteiger partial charge is 0.324 e. The van der Waals surface area contributed by atoms with Crippen LogP contribution in [0.5, 0.6) is 0 Å². The van der Waals surface area contributed by atoms with E-state index in [1.165, 1.54) is 32.1 Å². The van der Waals surface area contributed by atoms with E-state index in [1.807, 2.05) is 0 Å². The number of hydrogen-bond acceptors (Lipinski definition) is 3. The van der Waals surface area contributed by atoms with Crippen LogP contribution in [-0.4, -0.2) is 35.4 Å². The molecule has 0 radical (unpaired) electrons. The Morgan fingerprint density at radius 3 is 2.55 bits per heavy atom. The number of carboxylic acids is 1. The highest BCUT2D eigenvalue weighted by atomic mass is 16.5. The lowest BCUT2D eigenvalue weighted by atomic mass is 9.90. The predicted molar refractivity (Wildman–Crippen MR) is 76.7 cm³/mol. The molecule has 4 heteroatoms. The molecule has 0 heterocycles. The van der Waals surface area contributed by atoms with Crippen LogP contribution in [0.25, 0.3) is 0 Å². The topological polar surface area (TPSA) is 58.6 Å². The van der Waals surface area contributed by atoms with Crippen molar-refractivity contribution in [3.05, 3.63) is 0 Å². The fourth-order valence-corrected chi connectivity index (χ4v) is 3.77. The van der Waals surface area contributed by atoms with Gasteiger partial charge in [0.25, 0.3) is 0 Å². The Hall–Kier alpha value is -0.610. The van der Waals surface area contributed by atoms with E-state index >= 15 is 0 Å². The van der Waals surface area contributed by atoms with Crippen molar-refractivity contribution in [2.24, 2.45) is 5.92 Å². The Kier molecular flexibility index (Phi) is 4.32. The molecule has 114 valence electrons. The Morgan fingerprint density at radius 1 is 1.15 bits per heavy atom. The van der Waals surface area contributed by atoms with Crippen molar-refractivity contribution in [2.75, 3.05) is 6.61 Å². The van der Waals surface area contributed by atoms with E-state index in [-0.39, 0.29) is 6.10 Å². The van der Waals surface area contributed by atoms with E-state index in [0.29, 0.717) is 24.8 Å². The highest BCUT2D eigenvalue weighted by molar-refractivity contribution is 5.79. The minimum atomic E-state index is -0.710. The summed E-state index contributed by atoms with van der Waals surface area (Å²) in [4.78, 5) is 11.6. The highest BCUT2D eigenvalue weighted by Crippen LogP contribution is 2.36. The maximum atomic E-state index is 11.6. The molecule has 4 nitrogen and oxygen atoms in total. The van der Waals surface area contributed by atoms with Crippen LogP contribution in [0, 0.1) is 5.92 Å². The van der Waals surface area contributed by atoms with Gasteiger partial charge < -0.3 is 9.84 Å². The first-order valence-electron chi connectivity index (χ1n) is 8.31. The van der Waals surface area contributed by atoms with Crippen molar-refractivity contribution in [3.63, 3.8) is 0 Å². The van der Waals surface area contributed by atoms with Gasteiger partial charge in [0.1, 0.15) is 5.54 Å². The van der Waals surface area contributed by atoms with Gasteiger partial charge in [-0.1, -0.05) is 19.3 Å². The van der Waals surface area contributed by atoms with Crippen molar-refractivity contribution >= 4 is 5.97 Å². The molecule has 0 aliphatic heterocycles. The normalized spacial score (nSPS) is 35.3. The number of carbonyl (C=O) groups is 1. The molecule has 0 amide bonds. The number of ether oxygens (including phenoxy) is 1. The van der Waals surface area contributed by atoms with Crippen LogP contribution in [0.2, 0.25) is 0 Å². The van der Waals surface area contributed by atoms with Crippen LogP contribution in [0.4, 0.5) is 0 Å². The molecule has 3 rings (SSSR count). The largest absolute Gasteiger partial charge is 0.480 e. The second-order valence-corrected chi connectivity index (χ2v) is 7.01. The SMILES string of the molecule is O=C(O)C1(NC2CC2)CCC(OCC2CCCCC2)C1. The summed E-state index contributed by atoms with van der Waals surface area (Å²) in [5.74, 6) is 0.0214. The molecule has 2 unspecified atom stereocenters. The van der Waals surface area contributed by atoms with Gasteiger partial charge in [0.15, 0.2) is 0 Å². The maximum Gasteiger partial charge on any atom is 0.324 e. The first-order valence-corrected chi connectivity index (χ1v) is 8.31. The zero-order valence-electron chi connectivity index (χ0n) is 12.3. The first-order chi connectivity index (χ1) is 9.68. The van der Waals surface area contributed by atoms with Gasteiger partial charge in [-0.15, -0.1) is 0 Å². The minimum Gasteiger partial charge on any atom is -0.480 e. The second kappa shape index (κ2) is 6.02. The van der Waals surface area contributed by atoms with Crippen LogP contribution in [0.1, 0.15) is 64.2 Å². The monoisotopic (exact) mass is 281 g/mol. The molecule has 0 spiro atoms. The lowest BCUT2D eigenvalue weighted by molar-refractivity contribution is -0.145. The van der Waals surface area contributed by atoms with Gasteiger partial charge in [-0.25, -0.2) is 0 Å². The van der Waals surface area contributed by atoms with Crippen molar-refractivity contribution in [3.8, 4) is 0 Å². The molecule has 0 aromatic carbocycles. The molecule has 0 aromatic heterocycles. The van der Waals surface area contributed by atoms with Crippen molar-refractivity contribution in [2.45, 2.75) is 81.9 Å². The Bertz CT molecular complexity index is 350. The van der Waals surface area contributed by atoms with Crippen LogP contribution >= 0.6 is 0 Å². The second-order valence-electron chi connectivity index (χ2n) is 7.01. The van der Waals surface area contributed by atoms with E-state index in [2.05, 4.69) is 5.32 Å². The summed E-state index contributed by atoms with van der Waals surface area (Å²) in [7, 11) is 0. The first kappa shape index (κ1) is 14.3. The number of nitrogens with one attached hydrogen (secondary N) is 1. The molecule has 2 atom stereocenters. The molecule has 2 N–H and O–H groups in total. The molecule has 0 aromatic rings. The predicted octanol–water partition coefficient (Wildman–Crippen LogP) is 2.71. The average molecular weight is 281 g/mol. The molecule has 3 aliphatic rings. The van der Waals surface area contributed by atoms with Gasteiger partial charge in [-0.3, -0.25) is 10.1 Å². The summed E-state index contributed by atoms with van der Waals surface area (Å²) in [5, 5.41) is 12.9. The quantitative estimate of drug-likeness (QED) is 0.786. The van der Waals surface area contributed by atoms with Gasteiger partial charge >= 0.3 is 5.97 Å². The van der Waals surface area contributed by atoms with Crippen LogP contribution in [-0.2, 0) is 9.53 Å². The molecule has 0 bridgehead atoms. The highest BCUT2D eigenvalue weighted by Gasteiger charge is 2.48. The van der Waals surface area contributed by atoms with Crippen LogP contribution < -0.4 is 5.32 Å². The summed E-state index contributed by atoms with van der Waals surface area (Å²) < 4.78 is 6.05. The van der Waals surface area contributed by atoms with E-state index < -0.39 is 11.5 Å². The summed E-state index contributed by atoms with van der Waals surface area (Å²) in [6.07, 6.45) is 11.3. The van der Waals surface area contributed by atoms with Gasteiger partial charge in [0.2, 0.25) is 0 Å². The van der Waals surface area contributed by atoms with Crippen LogP contribution in [0.3, 0.4) is 0 Å². The Balaban J connectivity index is 1.48. The molecular formula is C16H27NO3. The zero-order valence-corrected chi connectivity index (χ0v) is 12.3. The summed E-state index contributed by atoms with van der Waals surface area (Å²) in [6.45, 7) is 0.837. The van der Waals surface area contributed by atoms with E-state index in [0.717, 1.165) is 25.9 Å². The third-order valence-electron chi connectivity index (χ3n) is 5.23. The summed E-state index contributed by atoms with van der Waals surface area (Å²) >= 11 is 0. The molecule has 0 saturated heterocycles. The lowest BCUT2D eigenvalue weighted by Gasteiger charge is -2.27. The molecule has 20 heavy (non-hydrogen) atoms. The van der Waals surface area contributed by atoms with E-state index in [1.54, 1.807) is 0 Å². The average Bonchev–Trinajstić information content (AvgIpc) is 3.16. The Morgan fingerprint density at radius 2 is 1.90 bits per heavy atom. The molecule has 3 fully saturated rings. The summed E-state index contributed by atoms with van der Waals surface area (Å²) in [5.41, 5.74) is -0.710. The van der Waals surface area contributed by atoms with E-state index in [9.17, 15) is 9.90 Å². The van der Waals surface area contributed by atoms with E-state index in [4.69, 9.17) is 4.74 Å². The van der Waals surface area contributed by atoms with Crippen molar-refractivity contribution < 1.29 is 14.6 Å². The number of aliphatic carboxylic acids is 1. The molecule has 3 saturated carbocycles. The number of carboxylic acid groups (broad SMARTS) is 1. The zero-order chi connectivity index (χ0) is 14.0. The fraction of sp³-hybridized carbons (Fsp3) is 0.938. The third-order valence-corrected chi connectivity index (χ3v) is 5.23. The maximum absolute atomic E-state index is 11.6. The standard InChI is InChI=1S/C16H27NO3/c18-15(19)16(17-13-6-7-13)9-8-14(10-16)20-11-12-4-2-1-3-5-12/h12-14,17H,1-11H2,(H,18,19). The molecule has 3 aliphatic carbocycles. The fourth-order valence-electron chi connectivity index (χ4n) is 3.77. The van der Waals surface area contributed by atoms with Gasteiger partial charge in [0.05, 0.1) is 6.10 Å². The minimum absolute atomic E-state index is 0.138. The number of rotatable bonds is 6.